The van der Waals surface area contributed by atoms with Crippen LogP contribution in [0.1, 0.15) is 94.9 Å². The number of aromatic nitrogens is 10. The van der Waals surface area contributed by atoms with Gasteiger partial charge in [-0.15, -0.1) is 0 Å². The molecule has 0 spiro atoms. The first kappa shape index (κ1) is 93.0. The zero-order valence-corrected chi connectivity index (χ0v) is 79.1. The van der Waals surface area contributed by atoms with Gasteiger partial charge in [0, 0.05) is 225 Å². The van der Waals surface area contributed by atoms with Crippen molar-refractivity contribution in [1.29, 1.82) is 0 Å². The molecule has 0 saturated carbocycles. The van der Waals surface area contributed by atoms with E-state index in [2.05, 4.69) is 182 Å². The van der Waals surface area contributed by atoms with Crippen molar-refractivity contribution in [2.24, 2.45) is 0 Å². The van der Waals surface area contributed by atoms with E-state index in [1.165, 1.54) is 61.8 Å². The Hall–Kier alpha value is -12.8. The van der Waals surface area contributed by atoms with Crippen molar-refractivity contribution in [3.63, 3.8) is 0 Å². The van der Waals surface area contributed by atoms with Crippen LogP contribution in [0, 0.1) is 25.5 Å². The molecule has 8 aromatic heterocycles. The number of rotatable bonds is 24. The van der Waals surface area contributed by atoms with E-state index in [0.29, 0.717) is 56.9 Å². The SMILES string of the molecule is CN1CCN(c2cccc(CCc3cccc(Nc4ccnc5cc(Cl)ccc45)c3)n2)CC1.Cc1cc(CCc2cc(Nc3ccnc4cc(Cl)ccc34)ccc2F)nc(N2CCCCC2)n1.Cc1cc(CCc2cccc(Nc3ccnc4cc(Cl)ccc34)c2)nc(N2CCN(C)CC2)n1.Fc1ccc(Nc2ccnc3cc(Cl)ccc23)cc1CCc1cccc(N2CCCCC2)n1. The van der Waals surface area contributed by atoms with Crippen LogP contribution >= 0.6 is 46.4 Å². The lowest BCUT2D eigenvalue weighted by Crippen LogP contribution is -2.45. The van der Waals surface area contributed by atoms with Crippen molar-refractivity contribution in [3.8, 4) is 0 Å². The fourth-order valence-corrected chi connectivity index (χ4v) is 18.2. The van der Waals surface area contributed by atoms with Gasteiger partial charge in [0.25, 0.3) is 0 Å². The summed E-state index contributed by atoms with van der Waals surface area (Å²) in [5, 5.41) is 20.6. The molecular weight excluding hydrogens is 1760 g/mol. The van der Waals surface area contributed by atoms with Crippen LogP contribution in [-0.2, 0) is 51.4 Å². The number of hydrogen-bond donors (Lipinski definition) is 4. The maximum Gasteiger partial charge on any atom is 0.225 e. The van der Waals surface area contributed by atoms with E-state index in [-0.39, 0.29) is 11.6 Å². The maximum absolute atomic E-state index is 14.7. The Balaban J connectivity index is 0.000000124. The van der Waals surface area contributed by atoms with E-state index >= 15 is 0 Å². The largest absolute Gasteiger partial charge is 0.357 e. The van der Waals surface area contributed by atoms with Crippen LogP contribution in [0.4, 0.5) is 77.8 Å². The Morgan fingerprint density at radius 1 is 0.284 bits per heavy atom. The average Bonchev–Trinajstić information content (AvgIpc) is 0.814. The van der Waals surface area contributed by atoms with Gasteiger partial charge in [-0.25, -0.2) is 38.7 Å². The lowest BCUT2D eigenvalue weighted by Gasteiger charge is -2.33. The van der Waals surface area contributed by atoms with Crippen LogP contribution in [-0.4, -0.2) is 152 Å². The minimum Gasteiger partial charge on any atom is -0.357 e. The molecule has 16 aromatic rings. The van der Waals surface area contributed by atoms with Gasteiger partial charge in [-0.05, 0) is 334 Å². The third-order valence-corrected chi connectivity index (χ3v) is 25.8. The summed E-state index contributed by atoms with van der Waals surface area (Å²) in [5.74, 6) is 3.39. The van der Waals surface area contributed by atoms with Gasteiger partial charge in [-0.1, -0.05) is 82.8 Å². The molecule has 4 aliphatic heterocycles. The summed E-state index contributed by atoms with van der Waals surface area (Å²) in [6.45, 7) is 16.5. The van der Waals surface area contributed by atoms with Gasteiger partial charge in [0.15, 0.2) is 0 Å². The molecule has 8 aromatic carbocycles. The second-order valence-corrected chi connectivity index (χ2v) is 36.6. The number of hydrogen-bond acceptors (Lipinski definition) is 20. The van der Waals surface area contributed by atoms with Gasteiger partial charge in [0.05, 0.1) is 22.1 Å². The van der Waals surface area contributed by atoms with Crippen molar-refractivity contribution in [3.05, 3.63) is 343 Å². The molecule has 4 fully saturated rings. The van der Waals surface area contributed by atoms with Gasteiger partial charge < -0.3 is 50.7 Å². The van der Waals surface area contributed by atoms with Crippen LogP contribution < -0.4 is 40.9 Å². The summed E-state index contributed by atoms with van der Waals surface area (Å²) in [6.07, 6.45) is 20.6. The highest BCUT2D eigenvalue weighted by molar-refractivity contribution is 6.32. The predicted octanol–water partition coefficient (Wildman–Crippen LogP) is 24.4. The maximum atomic E-state index is 14.7. The fourth-order valence-electron chi connectivity index (χ4n) is 17.5. The number of anilines is 12. The van der Waals surface area contributed by atoms with Gasteiger partial charge in [0.1, 0.15) is 23.3 Å². The van der Waals surface area contributed by atoms with E-state index in [0.717, 1.165) is 251 Å². The van der Waals surface area contributed by atoms with Crippen LogP contribution in [0.5, 0.6) is 0 Å². The average molecular weight is 1870 g/mol. The summed E-state index contributed by atoms with van der Waals surface area (Å²) in [6, 6.07) is 74.8. The number of likely N-dealkylation sites (N-methyl/N-ethyl adjacent to an activating group) is 2. The van der Waals surface area contributed by atoms with Crippen molar-refractivity contribution >= 4 is 159 Å². The molecular formula is C108H110Cl4F2N20. The van der Waals surface area contributed by atoms with Gasteiger partial charge in [-0.2, -0.15) is 0 Å². The summed E-state index contributed by atoms with van der Waals surface area (Å²) >= 11 is 24.5. The summed E-state index contributed by atoms with van der Waals surface area (Å²) in [7, 11) is 4.34. The quantitative estimate of drug-likeness (QED) is 0.0445. The molecule has 0 atom stereocenters. The minimum atomic E-state index is -0.209. The number of piperidine rings is 2. The lowest BCUT2D eigenvalue weighted by atomic mass is 10.1. The molecule has 0 amide bonds. The Morgan fingerprint density at radius 3 is 1.01 bits per heavy atom. The number of halogens is 6. The number of aryl methyl sites for hydroxylation is 10. The molecule has 4 aliphatic rings. The second kappa shape index (κ2) is 44.8. The molecule has 134 heavy (non-hydrogen) atoms. The predicted molar refractivity (Wildman–Crippen MR) is 549 cm³/mol. The van der Waals surface area contributed by atoms with E-state index in [1.807, 2.05) is 134 Å². The third-order valence-electron chi connectivity index (χ3n) is 24.8. The zero-order chi connectivity index (χ0) is 92.2. The van der Waals surface area contributed by atoms with Gasteiger partial charge >= 0.3 is 0 Å². The lowest BCUT2D eigenvalue weighted by molar-refractivity contribution is 0.311. The molecule has 0 radical (unpaired) electrons. The first-order chi connectivity index (χ1) is 65.4. The van der Waals surface area contributed by atoms with E-state index in [1.54, 1.807) is 30.7 Å². The Labute approximate surface area is 802 Å². The molecule has 26 heteroatoms. The summed E-state index contributed by atoms with van der Waals surface area (Å²) in [4.78, 5) is 60.5. The Morgan fingerprint density at radius 2 is 0.612 bits per heavy atom. The number of nitrogens with zero attached hydrogens (tertiary/aromatic N) is 16. The van der Waals surface area contributed by atoms with Crippen molar-refractivity contribution in [2.75, 3.05) is 133 Å². The minimum absolute atomic E-state index is 0.195. The summed E-state index contributed by atoms with van der Waals surface area (Å²) in [5.41, 5.74) is 21.0. The number of fused-ring (bicyclic) bond motifs is 4. The number of pyridine rings is 6. The highest BCUT2D eigenvalue weighted by Crippen LogP contribution is 2.35. The van der Waals surface area contributed by atoms with Crippen LogP contribution in [0.25, 0.3) is 43.6 Å². The third kappa shape index (κ3) is 25.2. The van der Waals surface area contributed by atoms with Gasteiger partial charge in [-0.3, -0.25) is 19.9 Å². The normalized spacial score (nSPS) is 14.2. The molecule has 684 valence electrons. The standard InChI is InChI=1S/C27H27ClFN5.C27H26ClFN4.C27H29ClN6.C27H28ClN5/c1-18-15-21(33-27(31-18)34-13-3-2-4-14-34)7-5-19-16-22(8-10-24(19)29)32-25-11-12-30-26-17-20(28)6-9-23(25)26;28-20-8-11-23-25(13-14-30-26(23)18-20)31-22-10-12-24(29)19(17-22)7-9-21-5-4-6-27(32-21)33-15-2-1-3-16-33;1-19-16-23(32-27(30-19)34-14-12-33(2)13-15-34)8-6-20-4-3-5-22(17-20)31-25-10-11-29-26-18-21(28)7-9-24(25)26;1-32-14-16-33(17-15-32)27-7-3-5-22(31-27)10-8-20-4-2-6-23(18-20)30-25-12-13-29-26-19-21(28)9-11-24(25)26/h6,8-12,15-17H,2-5,7,13-14H2,1H3,(H,30,32);4-6,8,10-14,17-18H,1-3,7,9,15-16H2,(H,30,31);3-5,7,9-11,16-18H,6,8,12-15H2,1-2H3,(H,29,31);2-7,9,11-13,18-19H,8,10,14-17H2,1H3,(H,29,30). The zero-order valence-electron chi connectivity index (χ0n) is 76.1. The van der Waals surface area contributed by atoms with Crippen LogP contribution in [0.2, 0.25) is 20.1 Å². The van der Waals surface area contributed by atoms with E-state index < -0.39 is 0 Å². The molecule has 20 nitrogen and oxygen atoms in total. The number of benzene rings is 8. The van der Waals surface area contributed by atoms with Crippen LogP contribution in [0.3, 0.4) is 0 Å². The smallest absolute Gasteiger partial charge is 0.225 e. The highest BCUT2D eigenvalue weighted by atomic mass is 35.5. The topological polar surface area (TPSA) is 196 Å². The molecule has 12 heterocycles. The second-order valence-electron chi connectivity index (χ2n) is 34.8. The summed E-state index contributed by atoms with van der Waals surface area (Å²) < 4.78 is 29.3. The molecule has 4 N–H and O–H groups in total. The number of nitrogens with one attached hydrogen (secondary N) is 4. The molecule has 0 aliphatic carbocycles. The van der Waals surface area contributed by atoms with Crippen molar-refractivity contribution < 1.29 is 8.78 Å². The Bertz CT molecular complexity index is 6740. The fraction of sp³-hybridized carbons (Fsp3) is 0.278. The van der Waals surface area contributed by atoms with Crippen molar-refractivity contribution in [2.45, 2.75) is 104 Å². The van der Waals surface area contributed by atoms with Gasteiger partial charge in [0.2, 0.25) is 11.9 Å². The monoisotopic (exact) mass is 1860 g/mol. The Kier molecular flexibility index (Phi) is 31.1. The molecule has 0 bridgehead atoms. The number of piperazine rings is 2. The van der Waals surface area contributed by atoms with Crippen LogP contribution in [0.15, 0.2) is 255 Å². The molecule has 20 rings (SSSR count). The van der Waals surface area contributed by atoms with E-state index in [4.69, 9.17) is 71.3 Å². The highest BCUT2D eigenvalue weighted by Gasteiger charge is 2.22. The van der Waals surface area contributed by atoms with Crippen molar-refractivity contribution in [1.82, 2.24) is 59.6 Å². The molecule has 4 saturated heterocycles. The first-order valence-electron chi connectivity index (χ1n) is 46.4. The van der Waals surface area contributed by atoms with E-state index in [9.17, 15) is 8.78 Å². The first-order valence-corrected chi connectivity index (χ1v) is 47.9. The molecule has 0 unspecified atom stereocenters.